The molecule has 2 rings (SSSR count). The zero-order valence-electron chi connectivity index (χ0n) is 9.88. The first kappa shape index (κ1) is 13.8. The van der Waals surface area contributed by atoms with Crippen LogP contribution in [0.2, 0.25) is 0 Å². The SMILES string of the molecule is CCNC(c1cc(Br)ccc1I)C1CCOC1. The van der Waals surface area contributed by atoms with Gasteiger partial charge in [-0.3, -0.25) is 0 Å². The van der Waals surface area contributed by atoms with Crippen LogP contribution < -0.4 is 5.32 Å². The van der Waals surface area contributed by atoms with Crippen LogP contribution in [-0.4, -0.2) is 19.8 Å². The van der Waals surface area contributed by atoms with Crippen molar-refractivity contribution in [3.05, 3.63) is 31.8 Å². The lowest BCUT2D eigenvalue weighted by molar-refractivity contribution is 0.177. The fraction of sp³-hybridized carbons (Fsp3) is 0.538. The molecule has 1 fully saturated rings. The van der Waals surface area contributed by atoms with E-state index >= 15 is 0 Å². The van der Waals surface area contributed by atoms with Gasteiger partial charge in [-0.1, -0.05) is 22.9 Å². The predicted molar refractivity (Wildman–Crippen MR) is 82.2 cm³/mol. The maximum atomic E-state index is 5.52. The molecule has 17 heavy (non-hydrogen) atoms. The number of hydrogen-bond acceptors (Lipinski definition) is 2. The van der Waals surface area contributed by atoms with E-state index in [1.165, 1.54) is 9.13 Å². The van der Waals surface area contributed by atoms with Crippen molar-refractivity contribution in [1.82, 2.24) is 5.32 Å². The monoisotopic (exact) mass is 409 g/mol. The molecule has 1 N–H and O–H groups in total. The molecule has 4 heteroatoms. The molecule has 0 radical (unpaired) electrons. The number of halogens is 2. The third-order valence-electron chi connectivity index (χ3n) is 3.15. The highest BCUT2D eigenvalue weighted by atomic mass is 127. The largest absolute Gasteiger partial charge is 0.381 e. The summed E-state index contributed by atoms with van der Waals surface area (Å²) in [5.41, 5.74) is 1.39. The number of ether oxygens (including phenoxy) is 1. The quantitative estimate of drug-likeness (QED) is 0.765. The molecule has 1 aliphatic heterocycles. The molecule has 2 nitrogen and oxygen atoms in total. The highest BCUT2D eigenvalue weighted by Crippen LogP contribution is 2.32. The molecule has 1 saturated heterocycles. The van der Waals surface area contributed by atoms with Crippen molar-refractivity contribution in [1.29, 1.82) is 0 Å². The van der Waals surface area contributed by atoms with Crippen molar-refractivity contribution >= 4 is 38.5 Å². The number of nitrogens with one attached hydrogen (secondary N) is 1. The van der Waals surface area contributed by atoms with Gasteiger partial charge in [0.15, 0.2) is 0 Å². The van der Waals surface area contributed by atoms with E-state index < -0.39 is 0 Å². The van der Waals surface area contributed by atoms with Crippen LogP contribution >= 0.6 is 38.5 Å². The Balaban J connectivity index is 2.27. The lowest BCUT2D eigenvalue weighted by atomic mass is 9.92. The first-order valence-corrected chi connectivity index (χ1v) is 7.85. The molecule has 1 aromatic rings. The second-order valence-electron chi connectivity index (χ2n) is 4.32. The topological polar surface area (TPSA) is 21.3 Å². The van der Waals surface area contributed by atoms with Crippen LogP contribution in [0, 0.1) is 9.49 Å². The average Bonchev–Trinajstić information content (AvgIpc) is 2.83. The van der Waals surface area contributed by atoms with Crippen molar-refractivity contribution in [2.45, 2.75) is 19.4 Å². The molecule has 1 aromatic carbocycles. The minimum atomic E-state index is 0.409. The summed E-state index contributed by atoms with van der Waals surface area (Å²) in [4.78, 5) is 0. The molecule has 0 bridgehead atoms. The molecule has 1 heterocycles. The van der Waals surface area contributed by atoms with Crippen molar-refractivity contribution < 1.29 is 4.74 Å². The third kappa shape index (κ3) is 3.43. The second kappa shape index (κ2) is 6.50. The molecule has 1 aliphatic rings. The normalized spacial score (nSPS) is 21.7. The Hall–Kier alpha value is 0.350. The molecule has 0 aromatic heterocycles. The van der Waals surface area contributed by atoms with Gasteiger partial charge in [-0.2, -0.15) is 0 Å². The van der Waals surface area contributed by atoms with Gasteiger partial charge < -0.3 is 10.1 Å². The van der Waals surface area contributed by atoms with Gasteiger partial charge in [0, 0.05) is 26.6 Å². The smallest absolute Gasteiger partial charge is 0.0513 e. The maximum absolute atomic E-state index is 5.52. The fourth-order valence-corrected chi connectivity index (χ4v) is 3.37. The van der Waals surface area contributed by atoms with E-state index in [2.05, 4.69) is 69.0 Å². The van der Waals surface area contributed by atoms with Gasteiger partial charge in [-0.25, -0.2) is 0 Å². The summed E-state index contributed by atoms with van der Waals surface area (Å²) in [6.07, 6.45) is 1.15. The summed E-state index contributed by atoms with van der Waals surface area (Å²) in [6.45, 7) is 4.93. The van der Waals surface area contributed by atoms with E-state index in [-0.39, 0.29) is 0 Å². The number of benzene rings is 1. The van der Waals surface area contributed by atoms with E-state index in [4.69, 9.17) is 4.74 Å². The number of rotatable bonds is 4. The lowest BCUT2D eigenvalue weighted by Gasteiger charge is -2.25. The Bertz CT molecular complexity index is 380. The lowest BCUT2D eigenvalue weighted by Crippen LogP contribution is -2.29. The number of hydrogen-bond donors (Lipinski definition) is 1. The highest BCUT2D eigenvalue weighted by molar-refractivity contribution is 14.1. The van der Waals surface area contributed by atoms with E-state index in [0.29, 0.717) is 12.0 Å². The van der Waals surface area contributed by atoms with Crippen molar-refractivity contribution in [2.75, 3.05) is 19.8 Å². The predicted octanol–water partition coefficient (Wildman–Crippen LogP) is 3.74. The molecule has 0 saturated carbocycles. The van der Waals surface area contributed by atoms with Gasteiger partial charge in [0.05, 0.1) is 6.61 Å². The Morgan fingerprint density at radius 3 is 3.06 bits per heavy atom. The molecule has 0 spiro atoms. The molecule has 0 aliphatic carbocycles. The Morgan fingerprint density at radius 1 is 1.59 bits per heavy atom. The Kier molecular flexibility index (Phi) is 5.26. The summed E-state index contributed by atoms with van der Waals surface area (Å²) in [5.74, 6) is 0.595. The minimum absolute atomic E-state index is 0.409. The van der Waals surface area contributed by atoms with Gasteiger partial charge in [0.1, 0.15) is 0 Å². The van der Waals surface area contributed by atoms with Crippen molar-refractivity contribution in [3.8, 4) is 0 Å². The Morgan fingerprint density at radius 2 is 2.41 bits per heavy atom. The molecular formula is C13H17BrINO. The minimum Gasteiger partial charge on any atom is -0.381 e. The molecule has 2 atom stereocenters. The second-order valence-corrected chi connectivity index (χ2v) is 6.40. The summed E-state index contributed by atoms with van der Waals surface area (Å²) in [7, 11) is 0. The zero-order chi connectivity index (χ0) is 12.3. The van der Waals surface area contributed by atoms with E-state index in [0.717, 1.165) is 30.7 Å². The van der Waals surface area contributed by atoms with Gasteiger partial charge in [-0.05, 0) is 59.3 Å². The van der Waals surface area contributed by atoms with E-state index in [1.807, 2.05) is 0 Å². The standard InChI is InChI=1S/C13H17BrINO/c1-2-16-13(9-5-6-17-8-9)11-7-10(14)3-4-12(11)15/h3-4,7,9,13,16H,2,5-6,8H2,1H3. The molecule has 94 valence electrons. The van der Waals surface area contributed by atoms with Gasteiger partial charge in [0.2, 0.25) is 0 Å². The fourth-order valence-electron chi connectivity index (χ4n) is 2.32. The molecule has 2 unspecified atom stereocenters. The van der Waals surface area contributed by atoms with Crippen LogP contribution in [0.15, 0.2) is 22.7 Å². The van der Waals surface area contributed by atoms with Crippen molar-refractivity contribution in [2.24, 2.45) is 5.92 Å². The summed E-state index contributed by atoms with van der Waals surface area (Å²) >= 11 is 5.98. The van der Waals surface area contributed by atoms with Gasteiger partial charge >= 0.3 is 0 Å². The zero-order valence-corrected chi connectivity index (χ0v) is 13.6. The van der Waals surface area contributed by atoms with Gasteiger partial charge in [0.25, 0.3) is 0 Å². The van der Waals surface area contributed by atoms with Crippen LogP contribution in [0.1, 0.15) is 24.9 Å². The van der Waals surface area contributed by atoms with Crippen LogP contribution in [0.4, 0.5) is 0 Å². The van der Waals surface area contributed by atoms with E-state index in [9.17, 15) is 0 Å². The maximum Gasteiger partial charge on any atom is 0.0513 e. The van der Waals surface area contributed by atoms with Crippen molar-refractivity contribution in [3.63, 3.8) is 0 Å². The van der Waals surface area contributed by atoms with Crippen LogP contribution in [-0.2, 0) is 4.74 Å². The first-order valence-electron chi connectivity index (χ1n) is 5.98. The summed E-state index contributed by atoms with van der Waals surface area (Å²) in [5, 5.41) is 3.60. The molecule has 0 amide bonds. The van der Waals surface area contributed by atoms with Crippen LogP contribution in [0.3, 0.4) is 0 Å². The van der Waals surface area contributed by atoms with Crippen LogP contribution in [0.5, 0.6) is 0 Å². The highest BCUT2D eigenvalue weighted by Gasteiger charge is 2.27. The molecular weight excluding hydrogens is 393 g/mol. The van der Waals surface area contributed by atoms with E-state index in [1.54, 1.807) is 0 Å². The average molecular weight is 410 g/mol. The third-order valence-corrected chi connectivity index (χ3v) is 4.63. The summed E-state index contributed by atoms with van der Waals surface area (Å²) in [6, 6.07) is 6.90. The Labute approximate surface area is 125 Å². The first-order chi connectivity index (χ1) is 8.22. The van der Waals surface area contributed by atoms with Crippen LogP contribution in [0.25, 0.3) is 0 Å². The summed E-state index contributed by atoms with van der Waals surface area (Å²) < 4.78 is 7.99. The van der Waals surface area contributed by atoms with Gasteiger partial charge in [-0.15, -0.1) is 0 Å².